The lowest BCUT2D eigenvalue weighted by molar-refractivity contribution is 0.434. The molecule has 3 heterocycles. The van der Waals surface area contributed by atoms with Gasteiger partial charge < -0.3 is 19.7 Å². The summed E-state index contributed by atoms with van der Waals surface area (Å²) in [6.07, 6.45) is 1.72. The van der Waals surface area contributed by atoms with Crippen LogP contribution in [0.1, 0.15) is 23.5 Å². The van der Waals surface area contributed by atoms with Crippen LogP contribution in [-0.4, -0.2) is 15.2 Å². The number of aromatic nitrogens is 1. The molecule has 2 N–H and O–H groups in total. The van der Waals surface area contributed by atoms with Gasteiger partial charge in [-0.2, -0.15) is 0 Å². The highest BCUT2D eigenvalue weighted by Gasteiger charge is 2.43. The van der Waals surface area contributed by atoms with Crippen LogP contribution in [0.25, 0.3) is 11.3 Å². The highest BCUT2D eigenvalue weighted by molar-refractivity contribution is 7.80. The molecule has 2 unspecified atom stereocenters. The minimum absolute atomic E-state index is 0.0442. The fraction of sp³-hybridized carbons (Fsp3) is 0.0833. The molecule has 1 aliphatic rings. The summed E-state index contributed by atoms with van der Waals surface area (Å²) in [5.74, 6) is 1.24. The van der Waals surface area contributed by atoms with Crippen LogP contribution >= 0.6 is 47.0 Å². The molecule has 0 spiro atoms. The topological polar surface area (TPSA) is 61.5 Å². The zero-order valence-electron chi connectivity index (χ0n) is 16.9. The summed E-state index contributed by atoms with van der Waals surface area (Å²) >= 11 is 24.4. The molecule has 0 bridgehead atoms. The Morgan fingerprint density at radius 1 is 0.970 bits per heavy atom. The van der Waals surface area contributed by atoms with Gasteiger partial charge in [0, 0.05) is 21.8 Å². The smallest absolute Gasteiger partial charge is 0.174 e. The molecular weight excluding hydrogens is 501 g/mol. The van der Waals surface area contributed by atoms with Crippen LogP contribution in [0.5, 0.6) is 5.75 Å². The van der Waals surface area contributed by atoms with Gasteiger partial charge in [-0.3, -0.25) is 4.98 Å². The Hall–Kier alpha value is -2.77. The number of nitrogens with zero attached hydrogens (tertiary/aromatic N) is 2. The van der Waals surface area contributed by atoms with E-state index in [4.69, 9.17) is 51.4 Å². The van der Waals surface area contributed by atoms with Gasteiger partial charge in [-0.05, 0) is 72.9 Å². The number of halogens is 3. The summed E-state index contributed by atoms with van der Waals surface area (Å²) in [5.41, 5.74) is 1.95. The molecule has 0 radical (unpaired) electrons. The normalized spacial score (nSPS) is 17.9. The Balaban J connectivity index is 1.63. The van der Waals surface area contributed by atoms with Crippen LogP contribution in [0.15, 0.2) is 77.3 Å². The summed E-state index contributed by atoms with van der Waals surface area (Å²) in [6, 6.07) is 18.6. The van der Waals surface area contributed by atoms with Crippen molar-refractivity contribution in [2.75, 3.05) is 4.90 Å². The Labute approximate surface area is 210 Å². The third-order valence-electron chi connectivity index (χ3n) is 5.41. The van der Waals surface area contributed by atoms with Crippen molar-refractivity contribution in [3.63, 3.8) is 0 Å². The van der Waals surface area contributed by atoms with Crippen molar-refractivity contribution in [3.8, 4) is 17.1 Å². The zero-order chi connectivity index (χ0) is 23.1. The van der Waals surface area contributed by atoms with Crippen LogP contribution in [0.4, 0.5) is 5.69 Å². The first kappa shape index (κ1) is 22.0. The molecule has 9 heteroatoms. The number of furan rings is 1. The monoisotopic (exact) mass is 515 g/mol. The molecule has 1 aliphatic heterocycles. The quantitative estimate of drug-likeness (QED) is 0.280. The highest BCUT2D eigenvalue weighted by Crippen LogP contribution is 2.46. The first-order valence-corrected chi connectivity index (χ1v) is 11.5. The maximum absolute atomic E-state index is 10.6. The fourth-order valence-electron chi connectivity index (χ4n) is 3.94. The number of benzene rings is 2. The minimum Gasteiger partial charge on any atom is -0.506 e. The molecule has 1 saturated heterocycles. The molecule has 2 atom stereocenters. The predicted octanol–water partition coefficient (Wildman–Crippen LogP) is 7.18. The van der Waals surface area contributed by atoms with E-state index in [0.29, 0.717) is 43.0 Å². The average molecular weight is 517 g/mol. The van der Waals surface area contributed by atoms with Gasteiger partial charge in [0.05, 0.1) is 22.4 Å². The van der Waals surface area contributed by atoms with E-state index >= 15 is 0 Å². The number of phenols is 1. The number of nitrogens with one attached hydrogen (secondary N) is 1. The largest absolute Gasteiger partial charge is 0.506 e. The van der Waals surface area contributed by atoms with E-state index in [2.05, 4.69) is 10.3 Å². The minimum atomic E-state index is -0.448. The Bertz CT molecular complexity index is 1350. The van der Waals surface area contributed by atoms with Gasteiger partial charge in [0.2, 0.25) is 0 Å². The van der Waals surface area contributed by atoms with Gasteiger partial charge in [-0.15, -0.1) is 0 Å². The molecule has 33 heavy (non-hydrogen) atoms. The van der Waals surface area contributed by atoms with Crippen molar-refractivity contribution >= 4 is 57.8 Å². The number of thiocarbonyl (C=S) groups is 1. The van der Waals surface area contributed by atoms with Crippen molar-refractivity contribution in [1.82, 2.24) is 10.3 Å². The van der Waals surface area contributed by atoms with Crippen molar-refractivity contribution in [2.45, 2.75) is 12.1 Å². The van der Waals surface area contributed by atoms with Gasteiger partial charge in [-0.25, -0.2) is 0 Å². The second-order valence-electron chi connectivity index (χ2n) is 7.46. The van der Waals surface area contributed by atoms with Gasteiger partial charge in [-0.1, -0.05) is 40.9 Å². The second-order valence-corrected chi connectivity index (χ2v) is 9.12. The molecule has 2 aromatic heterocycles. The fourth-order valence-corrected chi connectivity index (χ4v) is 4.95. The summed E-state index contributed by atoms with van der Waals surface area (Å²) in [7, 11) is 0. The molecule has 1 fully saturated rings. The number of aromatic hydroxyl groups is 1. The first-order valence-electron chi connectivity index (χ1n) is 9.96. The molecule has 0 aliphatic carbocycles. The van der Waals surface area contributed by atoms with E-state index in [1.165, 1.54) is 6.07 Å². The SMILES string of the molecule is Oc1ccc(Cl)cc1N1C(=S)NC(c2ccccn2)C1c1ccc(-c2ccc(Cl)cc2Cl)o1. The molecule has 0 saturated carbocycles. The third-order valence-corrected chi connectivity index (χ3v) is 6.51. The lowest BCUT2D eigenvalue weighted by atomic mass is 10.0. The Kier molecular flexibility index (Phi) is 5.93. The molecule has 5 rings (SSSR count). The second kappa shape index (κ2) is 8.88. The summed E-state index contributed by atoms with van der Waals surface area (Å²) in [5, 5.41) is 15.8. The number of phenolic OH excluding ortho intramolecular Hbond substituents is 1. The lowest BCUT2D eigenvalue weighted by Crippen LogP contribution is -2.29. The molecular formula is C24H16Cl3N3O2S. The Morgan fingerprint density at radius 2 is 1.76 bits per heavy atom. The van der Waals surface area contributed by atoms with Crippen molar-refractivity contribution < 1.29 is 9.52 Å². The number of anilines is 1. The summed E-state index contributed by atoms with van der Waals surface area (Å²) in [4.78, 5) is 6.31. The van der Waals surface area contributed by atoms with Crippen LogP contribution in [0.3, 0.4) is 0 Å². The van der Waals surface area contributed by atoms with Crippen molar-refractivity contribution in [1.29, 1.82) is 0 Å². The van der Waals surface area contributed by atoms with E-state index in [1.54, 1.807) is 35.4 Å². The van der Waals surface area contributed by atoms with Crippen molar-refractivity contribution in [2.24, 2.45) is 0 Å². The van der Waals surface area contributed by atoms with E-state index < -0.39 is 6.04 Å². The molecule has 4 aromatic rings. The summed E-state index contributed by atoms with van der Waals surface area (Å²) in [6.45, 7) is 0. The third kappa shape index (κ3) is 4.15. The van der Waals surface area contributed by atoms with Gasteiger partial charge >= 0.3 is 0 Å². The van der Waals surface area contributed by atoms with Crippen LogP contribution in [0, 0.1) is 0 Å². The van der Waals surface area contributed by atoms with Crippen LogP contribution in [-0.2, 0) is 0 Å². The number of pyridine rings is 1. The maximum atomic E-state index is 10.6. The van der Waals surface area contributed by atoms with E-state index in [-0.39, 0.29) is 11.8 Å². The van der Waals surface area contributed by atoms with Crippen LogP contribution < -0.4 is 10.2 Å². The predicted molar refractivity (Wildman–Crippen MR) is 135 cm³/mol. The summed E-state index contributed by atoms with van der Waals surface area (Å²) < 4.78 is 6.29. The first-order chi connectivity index (χ1) is 15.9. The van der Waals surface area contributed by atoms with E-state index in [1.807, 2.05) is 36.4 Å². The van der Waals surface area contributed by atoms with Crippen LogP contribution in [0.2, 0.25) is 15.1 Å². The van der Waals surface area contributed by atoms with Gasteiger partial charge in [0.1, 0.15) is 23.3 Å². The molecule has 2 aromatic carbocycles. The van der Waals surface area contributed by atoms with Gasteiger partial charge in [0.25, 0.3) is 0 Å². The maximum Gasteiger partial charge on any atom is 0.174 e. The van der Waals surface area contributed by atoms with Gasteiger partial charge in [0.15, 0.2) is 5.11 Å². The van der Waals surface area contributed by atoms with E-state index in [0.717, 1.165) is 5.69 Å². The highest BCUT2D eigenvalue weighted by atomic mass is 35.5. The number of rotatable bonds is 4. The molecule has 5 nitrogen and oxygen atoms in total. The van der Waals surface area contributed by atoms with E-state index in [9.17, 15) is 5.11 Å². The lowest BCUT2D eigenvalue weighted by Gasteiger charge is -2.26. The molecule has 0 amide bonds. The average Bonchev–Trinajstić information content (AvgIpc) is 3.40. The number of hydrogen-bond acceptors (Lipinski definition) is 4. The standard InChI is InChI=1S/C24H16Cl3N3O2S/c25-13-4-6-15(16(27)11-13)20-8-9-21(32-20)23-22(17-3-1-2-10-28-17)29-24(33)30(23)18-12-14(26)5-7-19(18)31/h1-12,22-23,31H,(H,29,33). The zero-order valence-corrected chi connectivity index (χ0v) is 20.0. The van der Waals surface area contributed by atoms with Crippen molar-refractivity contribution in [3.05, 3.63) is 99.4 Å². The Morgan fingerprint density at radius 3 is 2.52 bits per heavy atom. The molecule has 166 valence electrons. The number of hydrogen-bond donors (Lipinski definition) is 2.